The van der Waals surface area contributed by atoms with Crippen molar-refractivity contribution >= 4 is 34.2 Å². The van der Waals surface area contributed by atoms with Crippen molar-refractivity contribution in [2.45, 2.75) is 13.0 Å². The van der Waals surface area contributed by atoms with Gasteiger partial charge in [-0.2, -0.15) is 0 Å². The fourth-order valence-electron chi connectivity index (χ4n) is 1.29. The topological polar surface area (TPSA) is 46.5 Å². The molecule has 1 aromatic carbocycles. The quantitative estimate of drug-likeness (QED) is 0.670. The maximum absolute atomic E-state index is 11.4. The molecule has 0 aliphatic rings. The number of carbonyl (C=O) groups excluding carboxylic acids is 1. The van der Waals surface area contributed by atoms with Crippen LogP contribution >= 0.6 is 23.2 Å². The number of ether oxygens (including phenoxy) is 1. The predicted octanol–water partition coefficient (Wildman–Crippen LogP) is 3.40. The molecule has 0 aromatic heterocycles. The van der Waals surface area contributed by atoms with Crippen molar-refractivity contribution in [3.05, 3.63) is 53.1 Å². The molecule has 0 aliphatic heterocycles. The second-order valence-corrected chi connectivity index (χ2v) is 4.56. The molecule has 102 valence electrons. The van der Waals surface area contributed by atoms with Crippen molar-refractivity contribution in [3.63, 3.8) is 0 Å². The van der Waals surface area contributed by atoms with Gasteiger partial charge in [0.1, 0.15) is 6.10 Å². The smallest absolute Gasteiger partial charge is 0.336 e. The van der Waals surface area contributed by atoms with Gasteiger partial charge < -0.3 is 9.84 Å². The molecule has 1 atom stereocenters. The molecule has 0 saturated heterocycles. The molecule has 0 amide bonds. The molecule has 0 heterocycles. The van der Waals surface area contributed by atoms with Gasteiger partial charge in [0, 0.05) is 10.1 Å². The van der Waals surface area contributed by atoms with E-state index in [2.05, 4.69) is 6.58 Å². The van der Waals surface area contributed by atoms with Crippen LogP contribution in [0.4, 0.5) is 0 Å². The molecule has 1 N–H and O–H groups in total. The van der Waals surface area contributed by atoms with Crippen LogP contribution in [0.25, 0.3) is 5.03 Å². The number of hydrogen-bond donors (Lipinski definition) is 1. The van der Waals surface area contributed by atoms with E-state index in [4.69, 9.17) is 27.9 Å². The van der Waals surface area contributed by atoms with Crippen LogP contribution in [0.3, 0.4) is 0 Å². The maximum atomic E-state index is 11.4. The summed E-state index contributed by atoms with van der Waals surface area (Å²) in [7, 11) is 0. The van der Waals surface area contributed by atoms with E-state index in [-0.39, 0.29) is 12.2 Å². The highest BCUT2D eigenvalue weighted by Crippen LogP contribution is 2.22. The Labute approximate surface area is 122 Å². The van der Waals surface area contributed by atoms with Crippen LogP contribution in [0.5, 0.6) is 0 Å². The third-order valence-electron chi connectivity index (χ3n) is 2.32. The molecular formula is C14H14Cl2O3. The first kappa shape index (κ1) is 15.8. The van der Waals surface area contributed by atoms with E-state index in [0.717, 1.165) is 0 Å². The van der Waals surface area contributed by atoms with Gasteiger partial charge >= 0.3 is 5.97 Å². The Hall–Kier alpha value is -1.29. The van der Waals surface area contributed by atoms with E-state index in [1.54, 1.807) is 31.2 Å². The highest BCUT2D eigenvalue weighted by Gasteiger charge is 2.16. The Morgan fingerprint density at radius 1 is 1.47 bits per heavy atom. The first-order valence-electron chi connectivity index (χ1n) is 5.63. The normalized spacial score (nSPS) is 12.9. The fraction of sp³-hybridized carbons (Fsp3) is 0.214. The summed E-state index contributed by atoms with van der Waals surface area (Å²) in [5, 5.41) is 10.7. The lowest BCUT2D eigenvalue weighted by Gasteiger charge is -2.09. The zero-order chi connectivity index (χ0) is 14.4. The SMILES string of the molecule is C=C(C(=O)OCC)C(O)/C=C(\Cl)c1ccc(Cl)cc1. The zero-order valence-corrected chi connectivity index (χ0v) is 11.9. The minimum Gasteiger partial charge on any atom is -0.463 e. The van der Waals surface area contributed by atoms with Crippen LogP contribution in [0.2, 0.25) is 5.02 Å². The highest BCUT2D eigenvalue weighted by molar-refractivity contribution is 6.48. The molecule has 0 aliphatic carbocycles. The minimum absolute atomic E-state index is 0.0611. The van der Waals surface area contributed by atoms with Gasteiger partial charge in [0.15, 0.2) is 0 Å². The van der Waals surface area contributed by atoms with Crippen molar-refractivity contribution in [3.8, 4) is 0 Å². The molecular weight excluding hydrogens is 287 g/mol. The Morgan fingerprint density at radius 3 is 2.58 bits per heavy atom. The average molecular weight is 301 g/mol. The molecule has 0 fully saturated rings. The van der Waals surface area contributed by atoms with Crippen molar-refractivity contribution in [1.29, 1.82) is 0 Å². The summed E-state index contributed by atoms with van der Waals surface area (Å²) in [5.74, 6) is -0.646. The lowest BCUT2D eigenvalue weighted by Crippen LogP contribution is -2.17. The van der Waals surface area contributed by atoms with Crippen LogP contribution in [0.1, 0.15) is 12.5 Å². The molecule has 19 heavy (non-hydrogen) atoms. The summed E-state index contributed by atoms with van der Waals surface area (Å²) in [6.07, 6.45) is 0.131. The van der Waals surface area contributed by atoms with Gasteiger partial charge in [0.05, 0.1) is 12.2 Å². The number of aliphatic hydroxyl groups excluding tert-OH is 1. The van der Waals surface area contributed by atoms with E-state index >= 15 is 0 Å². The molecule has 0 saturated carbocycles. The van der Waals surface area contributed by atoms with Crippen LogP contribution in [-0.2, 0) is 9.53 Å². The summed E-state index contributed by atoms with van der Waals surface area (Å²) >= 11 is 11.8. The molecule has 0 spiro atoms. The van der Waals surface area contributed by atoms with Crippen molar-refractivity contribution in [2.75, 3.05) is 6.61 Å². The van der Waals surface area contributed by atoms with Gasteiger partial charge in [0.25, 0.3) is 0 Å². The van der Waals surface area contributed by atoms with Gasteiger partial charge in [-0.3, -0.25) is 0 Å². The number of hydrogen-bond acceptors (Lipinski definition) is 3. The monoisotopic (exact) mass is 300 g/mol. The van der Waals surface area contributed by atoms with Crippen molar-refractivity contribution in [2.24, 2.45) is 0 Å². The number of esters is 1. The van der Waals surface area contributed by atoms with E-state index in [1.807, 2.05) is 0 Å². The Kier molecular flexibility index (Phi) is 6.09. The second kappa shape index (κ2) is 7.34. The molecule has 0 bridgehead atoms. The number of carbonyl (C=O) groups is 1. The van der Waals surface area contributed by atoms with Crippen LogP contribution in [0.15, 0.2) is 42.5 Å². The molecule has 1 rings (SSSR count). The van der Waals surface area contributed by atoms with Gasteiger partial charge in [0.2, 0.25) is 0 Å². The lowest BCUT2D eigenvalue weighted by molar-refractivity contribution is -0.139. The minimum atomic E-state index is -1.19. The maximum Gasteiger partial charge on any atom is 0.336 e. The zero-order valence-electron chi connectivity index (χ0n) is 10.4. The lowest BCUT2D eigenvalue weighted by atomic mass is 10.1. The number of aliphatic hydroxyl groups is 1. The predicted molar refractivity (Wildman–Crippen MR) is 77.1 cm³/mol. The standard InChI is InChI=1S/C14H14Cl2O3/c1-3-19-14(18)9(2)13(17)8-12(16)10-4-6-11(15)7-5-10/h4-8,13,17H,2-3H2,1H3/b12-8-. The average Bonchev–Trinajstić information content (AvgIpc) is 2.38. The Bertz CT molecular complexity index is 492. The Morgan fingerprint density at radius 2 is 2.05 bits per heavy atom. The van der Waals surface area contributed by atoms with Crippen molar-refractivity contribution < 1.29 is 14.6 Å². The largest absolute Gasteiger partial charge is 0.463 e. The van der Waals surface area contributed by atoms with Crippen molar-refractivity contribution in [1.82, 2.24) is 0 Å². The van der Waals surface area contributed by atoms with Gasteiger partial charge in [-0.15, -0.1) is 0 Å². The molecule has 1 aromatic rings. The van der Waals surface area contributed by atoms with Crippen LogP contribution in [-0.4, -0.2) is 23.8 Å². The van der Waals surface area contributed by atoms with E-state index in [0.29, 0.717) is 15.6 Å². The second-order valence-electron chi connectivity index (χ2n) is 3.71. The molecule has 1 unspecified atom stereocenters. The van der Waals surface area contributed by atoms with E-state index < -0.39 is 12.1 Å². The summed E-state index contributed by atoms with van der Waals surface area (Å²) in [6, 6.07) is 6.78. The number of benzene rings is 1. The van der Waals surface area contributed by atoms with Gasteiger partial charge in [-0.05, 0) is 30.7 Å². The van der Waals surface area contributed by atoms with Crippen LogP contribution < -0.4 is 0 Å². The number of rotatable bonds is 5. The highest BCUT2D eigenvalue weighted by atomic mass is 35.5. The third kappa shape index (κ3) is 4.71. The van der Waals surface area contributed by atoms with Gasteiger partial charge in [-0.25, -0.2) is 4.79 Å². The van der Waals surface area contributed by atoms with Gasteiger partial charge in [-0.1, -0.05) is 41.9 Å². The molecule has 3 nitrogen and oxygen atoms in total. The molecule has 0 radical (unpaired) electrons. The fourth-order valence-corrected chi connectivity index (χ4v) is 1.66. The summed E-state index contributed by atoms with van der Waals surface area (Å²) in [4.78, 5) is 11.4. The first-order valence-corrected chi connectivity index (χ1v) is 6.38. The first-order chi connectivity index (χ1) is 8.95. The third-order valence-corrected chi connectivity index (χ3v) is 2.92. The number of halogens is 2. The molecule has 5 heteroatoms. The van der Waals surface area contributed by atoms with E-state index in [9.17, 15) is 9.90 Å². The van der Waals surface area contributed by atoms with E-state index in [1.165, 1.54) is 6.08 Å². The summed E-state index contributed by atoms with van der Waals surface area (Å²) in [5.41, 5.74) is 0.621. The van der Waals surface area contributed by atoms with Crippen LogP contribution in [0, 0.1) is 0 Å². The Balaban J connectivity index is 2.80. The summed E-state index contributed by atoms with van der Waals surface area (Å²) in [6.45, 7) is 5.38. The summed E-state index contributed by atoms with van der Waals surface area (Å²) < 4.78 is 4.74.